The number of aryl methyl sites for hydroxylation is 2. The number of sulfonamides is 1. The second-order valence-corrected chi connectivity index (χ2v) is 9.27. The summed E-state index contributed by atoms with van der Waals surface area (Å²) in [4.78, 5) is 13.7. The lowest BCUT2D eigenvalue weighted by atomic mass is 10.2. The maximum atomic E-state index is 12.9. The standard InChI is InChI=1S/C21H27N3O3S/c1-17-8-9-20(18(2)14-17)28(26,27)24-12-10-23(11-13-24)16-21(25)22-15-19-6-4-3-5-7-19/h3-9,14H,10-13,15-16H2,1-2H3,(H,22,25)/p+1. The average molecular weight is 403 g/mol. The van der Waals surface area contributed by atoms with E-state index < -0.39 is 10.0 Å². The van der Waals surface area contributed by atoms with Gasteiger partial charge in [-0.25, -0.2) is 8.42 Å². The molecule has 0 saturated carbocycles. The number of hydrogen-bond acceptors (Lipinski definition) is 3. The lowest BCUT2D eigenvalue weighted by molar-refractivity contribution is -0.895. The van der Waals surface area contributed by atoms with Crippen LogP contribution in [0.25, 0.3) is 0 Å². The minimum atomic E-state index is -3.49. The second-order valence-electron chi connectivity index (χ2n) is 7.36. The summed E-state index contributed by atoms with van der Waals surface area (Å²) in [5.41, 5.74) is 2.89. The smallest absolute Gasteiger partial charge is 0.275 e. The zero-order chi connectivity index (χ0) is 20.1. The molecule has 2 aromatic carbocycles. The van der Waals surface area contributed by atoms with E-state index in [4.69, 9.17) is 0 Å². The van der Waals surface area contributed by atoms with E-state index in [1.165, 1.54) is 4.31 Å². The maximum absolute atomic E-state index is 12.9. The molecule has 1 amide bonds. The average Bonchev–Trinajstić information content (AvgIpc) is 2.67. The quantitative estimate of drug-likeness (QED) is 0.740. The third kappa shape index (κ3) is 4.98. The molecule has 1 saturated heterocycles. The first-order valence-corrected chi connectivity index (χ1v) is 11.0. The van der Waals surface area contributed by atoms with E-state index in [1.807, 2.05) is 56.3 Å². The summed E-state index contributed by atoms with van der Waals surface area (Å²) >= 11 is 0. The monoisotopic (exact) mass is 402 g/mol. The van der Waals surface area contributed by atoms with E-state index in [9.17, 15) is 13.2 Å². The highest BCUT2D eigenvalue weighted by Gasteiger charge is 2.31. The summed E-state index contributed by atoms with van der Waals surface area (Å²) in [5, 5.41) is 2.93. The molecule has 0 unspecified atom stereocenters. The van der Waals surface area contributed by atoms with Crippen molar-refractivity contribution in [3.63, 3.8) is 0 Å². The molecule has 1 heterocycles. The Labute approximate surface area is 167 Å². The zero-order valence-corrected chi connectivity index (χ0v) is 17.3. The van der Waals surface area contributed by atoms with Crippen LogP contribution >= 0.6 is 0 Å². The molecule has 0 bridgehead atoms. The molecule has 7 heteroatoms. The Morgan fingerprint density at radius 1 is 1.07 bits per heavy atom. The molecule has 3 rings (SSSR count). The van der Waals surface area contributed by atoms with E-state index in [1.54, 1.807) is 6.07 Å². The maximum Gasteiger partial charge on any atom is 0.275 e. The van der Waals surface area contributed by atoms with Gasteiger partial charge in [-0.05, 0) is 31.0 Å². The molecule has 2 N–H and O–H groups in total. The number of carbonyl (C=O) groups excluding carboxylic acids is 1. The lowest BCUT2D eigenvalue weighted by Gasteiger charge is -2.31. The van der Waals surface area contributed by atoms with E-state index >= 15 is 0 Å². The Balaban J connectivity index is 1.52. The molecule has 2 aromatic rings. The van der Waals surface area contributed by atoms with Gasteiger partial charge in [-0.1, -0.05) is 48.0 Å². The van der Waals surface area contributed by atoms with Crippen molar-refractivity contribution in [3.05, 3.63) is 65.2 Å². The van der Waals surface area contributed by atoms with Crippen molar-refractivity contribution in [3.8, 4) is 0 Å². The van der Waals surface area contributed by atoms with Gasteiger partial charge in [0, 0.05) is 6.54 Å². The Kier molecular flexibility index (Phi) is 6.49. The number of rotatable bonds is 6. The highest BCUT2D eigenvalue weighted by atomic mass is 32.2. The summed E-state index contributed by atoms with van der Waals surface area (Å²) in [6.07, 6.45) is 0. The summed E-state index contributed by atoms with van der Waals surface area (Å²) in [7, 11) is -3.49. The highest BCUT2D eigenvalue weighted by molar-refractivity contribution is 7.89. The molecule has 0 spiro atoms. The molecular formula is C21H28N3O3S+. The van der Waals surface area contributed by atoms with E-state index in [0.29, 0.717) is 44.2 Å². The van der Waals surface area contributed by atoms with Crippen molar-refractivity contribution in [2.24, 2.45) is 0 Å². The van der Waals surface area contributed by atoms with Gasteiger partial charge in [0.1, 0.15) is 0 Å². The fourth-order valence-electron chi connectivity index (χ4n) is 3.53. The van der Waals surface area contributed by atoms with Gasteiger partial charge in [-0.15, -0.1) is 0 Å². The summed E-state index contributed by atoms with van der Waals surface area (Å²) in [6.45, 7) is 6.77. The first kappa shape index (κ1) is 20.5. The number of amides is 1. The van der Waals surface area contributed by atoms with Crippen molar-refractivity contribution >= 4 is 15.9 Å². The molecule has 28 heavy (non-hydrogen) atoms. The predicted molar refractivity (Wildman–Crippen MR) is 109 cm³/mol. The minimum Gasteiger partial charge on any atom is -0.347 e. The number of hydrogen-bond donors (Lipinski definition) is 2. The molecule has 1 fully saturated rings. The van der Waals surface area contributed by atoms with Crippen LogP contribution in [0.15, 0.2) is 53.4 Å². The van der Waals surface area contributed by atoms with Crippen LogP contribution in [-0.4, -0.2) is 51.4 Å². The van der Waals surface area contributed by atoms with Crippen molar-refractivity contribution in [1.29, 1.82) is 0 Å². The van der Waals surface area contributed by atoms with Crippen LogP contribution in [0, 0.1) is 13.8 Å². The molecule has 0 aromatic heterocycles. The SMILES string of the molecule is Cc1ccc(S(=O)(=O)N2CC[NH+](CC(=O)NCc3ccccc3)CC2)c(C)c1. The zero-order valence-electron chi connectivity index (χ0n) is 16.4. The number of carbonyl (C=O) groups is 1. The highest BCUT2D eigenvalue weighted by Crippen LogP contribution is 2.20. The van der Waals surface area contributed by atoms with Crippen molar-refractivity contribution in [2.75, 3.05) is 32.7 Å². The van der Waals surface area contributed by atoms with Gasteiger partial charge < -0.3 is 10.2 Å². The van der Waals surface area contributed by atoms with Gasteiger partial charge in [0.25, 0.3) is 5.91 Å². The first-order valence-electron chi connectivity index (χ1n) is 9.58. The van der Waals surface area contributed by atoms with Gasteiger partial charge in [0.05, 0.1) is 31.1 Å². The fraction of sp³-hybridized carbons (Fsp3) is 0.381. The number of benzene rings is 2. The second kappa shape index (κ2) is 8.86. The molecule has 1 aliphatic heterocycles. The van der Waals surface area contributed by atoms with Crippen molar-refractivity contribution in [1.82, 2.24) is 9.62 Å². The number of nitrogens with zero attached hydrogens (tertiary/aromatic N) is 1. The van der Waals surface area contributed by atoms with Crippen LogP contribution in [-0.2, 0) is 21.4 Å². The van der Waals surface area contributed by atoms with Crippen molar-refractivity contribution < 1.29 is 18.1 Å². The third-order valence-corrected chi connectivity index (χ3v) is 7.18. The van der Waals surface area contributed by atoms with Gasteiger partial charge in [0.15, 0.2) is 6.54 Å². The van der Waals surface area contributed by atoms with E-state index in [-0.39, 0.29) is 5.91 Å². The van der Waals surface area contributed by atoms with Gasteiger partial charge in [-0.2, -0.15) is 4.31 Å². The topological polar surface area (TPSA) is 70.9 Å². The van der Waals surface area contributed by atoms with Crippen LogP contribution in [0.4, 0.5) is 0 Å². The lowest BCUT2D eigenvalue weighted by Crippen LogP contribution is -3.15. The Hall–Kier alpha value is -2.22. The molecular weight excluding hydrogens is 374 g/mol. The largest absolute Gasteiger partial charge is 0.347 e. The summed E-state index contributed by atoms with van der Waals surface area (Å²) in [6, 6.07) is 15.2. The van der Waals surface area contributed by atoms with Crippen molar-refractivity contribution in [2.45, 2.75) is 25.3 Å². The van der Waals surface area contributed by atoms with E-state index in [0.717, 1.165) is 21.6 Å². The summed E-state index contributed by atoms with van der Waals surface area (Å²) < 4.78 is 27.4. The Morgan fingerprint density at radius 2 is 1.75 bits per heavy atom. The number of nitrogens with one attached hydrogen (secondary N) is 2. The van der Waals surface area contributed by atoms with Crippen LogP contribution in [0.2, 0.25) is 0 Å². The minimum absolute atomic E-state index is 0.00969. The Morgan fingerprint density at radius 3 is 2.39 bits per heavy atom. The van der Waals surface area contributed by atoms with Crippen LogP contribution in [0.1, 0.15) is 16.7 Å². The molecule has 6 nitrogen and oxygen atoms in total. The van der Waals surface area contributed by atoms with Crippen LogP contribution in [0.5, 0.6) is 0 Å². The van der Waals surface area contributed by atoms with Crippen LogP contribution < -0.4 is 10.2 Å². The van der Waals surface area contributed by atoms with Gasteiger partial charge in [-0.3, -0.25) is 4.79 Å². The van der Waals surface area contributed by atoms with Gasteiger partial charge in [0.2, 0.25) is 10.0 Å². The number of quaternary nitrogens is 1. The predicted octanol–water partition coefficient (Wildman–Crippen LogP) is 0.509. The normalized spacial score (nSPS) is 16.1. The molecule has 0 radical (unpaired) electrons. The molecule has 0 atom stereocenters. The Bertz CT molecular complexity index is 921. The van der Waals surface area contributed by atoms with Gasteiger partial charge >= 0.3 is 0 Å². The van der Waals surface area contributed by atoms with E-state index in [2.05, 4.69) is 5.32 Å². The molecule has 0 aliphatic carbocycles. The first-order chi connectivity index (χ1) is 13.4. The summed E-state index contributed by atoms with van der Waals surface area (Å²) in [5.74, 6) is -0.00969. The molecule has 1 aliphatic rings. The molecule has 150 valence electrons. The third-order valence-electron chi connectivity index (χ3n) is 5.12. The van der Waals surface area contributed by atoms with Crippen LogP contribution in [0.3, 0.4) is 0 Å². The number of piperazine rings is 1. The fourth-order valence-corrected chi connectivity index (χ4v) is 5.18.